The highest BCUT2D eigenvalue weighted by Gasteiger charge is 1.91. The van der Waals surface area contributed by atoms with Gasteiger partial charge in [0.15, 0.2) is 0 Å². The van der Waals surface area contributed by atoms with Crippen molar-refractivity contribution < 1.29 is 0 Å². The smallest absolute Gasteiger partial charge is 0.0813 e. The van der Waals surface area contributed by atoms with Gasteiger partial charge in [0.25, 0.3) is 0 Å². The number of hydrogen-bond acceptors (Lipinski definition) is 4. The number of nitrogens with zero attached hydrogens (tertiary/aromatic N) is 4. The molecule has 16 heavy (non-hydrogen) atoms. The van der Waals surface area contributed by atoms with Crippen molar-refractivity contribution in [2.24, 2.45) is 0 Å². The lowest BCUT2D eigenvalue weighted by atomic mass is 10.3. The van der Waals surface area contributed by atoms with Crippen LogP contribution in [0, 0.1) is 13.8 Å². The fourth-order valence-electron chi connectivity index (χ4n) is 1.15. The third-order valence-corrected chi connectivity index (χ3v) is 2.03. The molecule has 2 rings (SSSR count). The van der Waals surface area contributed by atoms with Crippen molar-refractivity contribution in [3.8, 4) is 0 Å². The van der Waals surface area contributed by atoms with Crippen molar-refractivity contribution in [1.29, 1.82) is 0 Å². The molecule has 0 bridgehead atoms. The minimum absolute atomic E-state index is 0.813. The maximum Gasteiger partial charge on any atom is 0.0813 e. The molecule has 80 valence electrons. The molecule has 4 heteroatoms. The Morgan fingerprint density at radius 2 is 1.12 bits per heavy atom. The number of aromatic nitrogens is 4. The molecule has 2 heterocycles. The van der Waals surface area contributed by atoms with E-state index in [0.717, 1.165) is 22.8 Å². The van der Waals surface area contributed by atoms with E-state index < -0.39 is 0 Å². The third-order valence-electron chi connectivity index (χ3n) is 2.03. The summed E-state index contributed by atoms with van der Waals surface area (Å²) >= 11 is 0. The molecule has 0 N–H and O–H groups in total. The molecule has 0 fully saturated rings. The van der Waals surface area contributed by atoms with Gasteiger partial charge in [0.2, 0.25) is 0 Å². The minimum Gasteiger partial charge on any atom is -0.258 e. The van der Waals surface area contributed by atoms with Gasteiger partial charge >= 0.3 is 0 Å². The fraction of sp³-hybridized carbons (Fsp3) is 0.167. The zero-order valence-electron chi connectivity index (χ0n) is 9.25. The summed E-state index contributed by atoms with van der Waals surface area (Å²) in [6.07, 6.45) is 10.7. The van der Waals surface area contributed by atoms with Crippen LogP contribution in [0.1, 0.15) is 22.8 Å². The first-order valence-corrected chi connectivity index (χ1v) is 4.99. The molecular weight excluding hydrogens is 200 g/mol. The van der Waals surface area contributed by atoms with Gasteiger partial charge < -0.3 is 0 Å². The predicted octanol–water partition coefficient (Wildman–Crippen LogP) is 2.05. The van der Waals surface area contributed by atoms with Crippen LogP contribution in [0.5, 0.6) is 0 Å². The number of rotatable bonds is 2. The molecule has 0 saturated heterocycles. The number of hydrogen-bond donors (Lipinski definition) is 0. The van der Waals surface area contributed by atoms with Crippen molar-refractivity contribution >= 4 is 12.2 Å². The van der Waals surface area contributed by atoms with Gasteiger partial charge in [-0.25, -0.2) is 0 Å². The van der Waals surface area contributed by atoms with E-state index in [1.165, 1.54) is 0 Å². The van der Waals surface area contributed by atoms with E-state index in [-0.39, 0.29) is 0 Å². The van der Waals surface area contributed by atoms with Gasteiger partial charge in [0.1, 0.15) is 0 Å². The first-order valence-electron chi connectivity index (χ1n) is 4.99. The molecule has 2 aromatic rings. The average Bonchev–Trinajstić information content (AvgIpc) is 2.30. The van der Waals surface area contributed by atoms with Crippen LogP contribution in [0.15, 0.2) is 24.8 Å². The maximum atomic E-state index is 4.21. The van der Waals surface area contributed by atoms with Gasteiger partial charge in [-0.2, -0.15) is 0 Å². The highest BCUT2D eigenvalue weighted by molar-refractivity contribution is 5.65. The molecule has 0 aliphatic heterocycles. The van der Waals surface area contributed by atoms with Gasteiger partial charge in [-0.1, -0.05) is 0 Å². The van der Waals surface area contributed by atoms with E-state index in [2.05, 4.69) is 19.9 Å². The maximum absolute atomic E-state index is 4.21. The lowest BCUT2D eigenvalue weighted by molar-refractivity contribution is 1.10. The standard InChI is InChI=1S/C12H12N4/c1-9-5-15-11(7-13-9)3-4-12-8-14-10(2)6-16-12/h3-8H,1-2H3. The average molecular weight is 212 g/mol. The Kier molecular flexibility index (Phi) is 3.00. The fourth-order valence-corrected chi connectivity index (χ4v) is 1.15. The molecule has 0 radical (unpaired) electrons. The summed E-state index contributed by atoms with van der Waals surface area (Å²) in [6.45, 7) is 3.82. The van der Waals surface area contributed by atoms with Crippen LogP contribution < -0.4 is 0 Å². The van der Waals surface area contributed by atoms with E-state index in [4.69, 9.17) is 0 Å². The monoisotopic (exact) mass is 212 g/mol. The summed E-state index contributed by atoms with van der Waals surface area (Å²) in [5.41, 5.74) is 3.44. The topological polar surface area (TPSA) is 51.6 Å². The van der Waals surface area contributed by atoms with Crippen LogP contribution in [0.25, 0.3) is 12.2 Å². The van der Waals surface area contributed by atoms with Crippen molar-refractivity contribution in [1.82, 2.24) is 19.9 Å². The van der Waals surface area contributed by atoms with Crippen molar-refractivity contribution in [3.63, 3.8) is 0 Å². The Balaban J connectivity index is 2.15. The van der Waals surface area contributed by atoms with Crippen LogP contribution in [0.3, 0.4) is 0 Å². The lowest BCUT2D eigenvalue weighted by Gasteiger charge is -1.94. The van der Waals surface area contributed by atoms with E-state index in [1.807, 2.05) is 26.0 Å². The summed E-state index contributed by atoms with van der Waals surface area (Å²) < 4.78 is 0. The zero-order chi connectivity index (χ0) is 11.4. The first kappa shape index (κ1) is 10.4. The van der Waals surface area contributed by atoms with Crippen molar-refractivity contribution in [3.05, 3.63) is 47.6 Å². The van der Waals surface area contributed by atoms with Gasteiger partial charge in [-0.3, -0.25) is 19.9 Å². The van der Waals surface area contributed by atoms with Gasteiger partial charge in [0, 0.05) is 12.4 Å². The van der Waals surface area contributed by atoms with Gasteiger partial charge in [-0.15, -0.1) is 0 Å². The van der Waals surface area contributed by atoms with Crippen LogP contribution in [-0.4, -0.2) is 19.9 Å². The third kappa shape index (κ3) is 2.70. The van der Waals surface area contributed by atoms with Crippen molar-refractivity contribution in [2.75, 3.05) is 0 Å². The summed E-state index contributed by atoms with van der Waals surface area (Å²) in [7, 11) is 0. The van der Waals surface area contributed by atoms with E-state index in [9.17, 15) is 0 Å². The predicted molar refractivity (Wildman–Crippen MR) is 62.5 cm³/mol. The minimum atomic E-state index is 0.813. The SMILES string of the molecule is Cc1cnc(C=Cc2cnc(C)cn2)cn1. The molecule has 0 aliphatic rings. The quantitative estimate of drug-likeness (QED) is 0.764. The molecule has 0 aromatic carbocycles. The molecule has 4 nitrogen and oxygen atoms in total. The highest BCUT2D eigenvalue weighted by Crippen LogP contribution is 2.02. The Morgan fingerprint density at radius 1 is 0.688 bits per heavy atom. The highest BCUT2D eigenvalue weighted by atomic mass is 14.8. The van der Waals surface area contributed by atoms with Crippen LogP contribution in [0.2, 0.25) is 0 Å². The second-order valence-corrected chi connectivity index (χ2v) is 3.50. The lowest BCUT2D eigenvalue weighted by Crippen LogP contribution is -1.87. The Morgan fingerprint density at radius 3 is 1.44 bits per heavy atom. The first-order chi connectivity index (χ1) is 7.74. The van der Waals surface area contributed by atoms with Crippen molar-refractivity contribution in [2.45, 2.75) is 13.8 Å². The van der Waals surface area contributed by atoms with Gasteiger partial charge in [0.05, 0.1) is 35.2 Å². The largest absolute Gasteiger partial charge is 0.258 e. The van der Waals surface area contributed by atoms with Crippen LogP contribution >= 0.6 is 0 Å². The summed E-state index contributed by atoms with van der Waals surface area (Å²) in [6, 6.07) is 0. The van der Waals surface area contributed by atoms with E-state index in [1.54, 1.807) is 24.8 Å². The van der Waals surface area contributed by atoms with E-state index >= 15 is 0 Å². The second kappa shape index (κ2) is 4.61. The second-order valence-electron chi connectivity index (χ2n) is 3.50. The molecule has 0 saturated carbocycles. The Hall–Kier alpha value is -2.10. The van der Waals surface area contributed by atoms with Gasteiger partial charge in [-0.05, 0) is 26.0 Å². The Bertz CT molecular complexity index is 438. The molecule has 0 unspecified atom stereocenters. The molecule has 0 spiro atoms. The van der Waals surface area contributed by atoms with Crippen LogP contribution in [0.4, 0.5) is 0 Å². The molecule has 2 aromatic heterocycles. The van der Waals surface area contributed by atoms with E-state index in [0.29, 0.717) is 0 Å². The molecule has 0 aliphatic carbocycles. The summed E-state index contributed by atoms with van der Waals surface area (Å²) in [5.74, 6) is 0. The normalized spacial score (nSPS) is 10.9. The summed E-state index contributed by atoms with van der Waals surface area (Å²) in [5, 5.41) is 0. The molecule has 0 atom stereocenters. The Labute approximate surface area is 94.1 Å². The summed E-state index contributed by atoms with van der Waals surface area (Å²) in [4.78, 5) is 16.7. The zero-order valence-corrected chi connectivity index (χ0v) is 9.25. The molecular formula is C12H12N4. The molecule has 0 amide bonds. The van der Waals surface area contributed by atoms with Crippen LogP contribution in [-0.2, 0) is 0 Å². The number of aryl methyl sites for hydroxylation is 2.